The lowest BCUT2D eigenvalue weighted by Gasteiger charge is -2.19. The number of unbranched alkanes of at least 4 members (excludes halogenated alkanes) is 7. The van der Waals surface area contributed by atoms with Gasteiger partial charge < -0.3 is 5.11 Å². The number of hydrogen-bond donors (Lipinski definition) is 1. The van der Waals surface area contributed by atoms with E-state index in [0.717, 1.165) is 12.2 Å². The molecule has 0 spiro atoms. The van der Waals surface area contributed by atoms with Crippen molar-refractivity contribution in [3.05, 3.63) is 35.4 Å². The van der Waals surface area contributed by atoms with Gasteiger partial charge in [0.05, 0.1) is 0 Å². The number of hydrogen-bond acceptors (Lipinski definition) is 2. The summed E-state index contributed by atoms with van der Waals surface area (Å²) in [6.45, 7) is 7.17. The zero-order valence-electron chi connectivity index (χ0n) is 16.9. The highest BCUT2D eigenvalue weighted by molar-refractivity contribution is 7.99. The number of thioether (sulfide) groups is 1. The fourth-order valence-electron chi connectivity index (χ4n) is 3.03. The predicted octanol–water partition coefficient (Wildman–Crippen LogP) is 6.76. The summed E-state index contributed by atoms with van der Waals surface area (Å²) in [6, 6.07) is 9.24. The quantitative estimate of drug-likeness (QED) is 0.368. The molecule has 0 saturated heterocycles. The number of aliphatic hydroxyl groups excluding tert-OH is 1. The van der Waals surface area contributed by atoms with Gasteiger partial charge in [0.15, 0.2) is 0 Å². The maximum atomic E-state index is 8.72. The zero-order chi connectivity index (χ0) is 18.4. The molecule has 0 aliphatic carbocycles. The van der Waals surface area contributed by atoms with E-state index in [1.165, 1.54) is 74.7 Å². The normalized spacial score (nSPS) is 11.8. The average molecular weight is 365 g/mol. The van der Waals surface area contributed by atoms with E-state index in [1.807, 2.05) is 11.8 Å². The molecule has 0 radical (unpaired) electrons. The van der Waals surface area contributed by atoms with Crippen LogP contribution in [0.2, 0.25) is 0 Å². The first-order valence-corrected chi connectivity index (χ1v) is 11.5. The highest BCUT2D eigenvalue weighted by Crippen LogP contribution is 2.22. The smallest absolute Gasteiger partial charge is 0.0438 e. The lowest BCUT2D eigenvalue weighted by molar-refractivity contribution is 0.296. The van der Waals surface area contributed by atoms with Gasteiger partial charge >= 0.3 is 0 Å². The fraction of sp³-hybridized carbons (Fsp3) is 0.739. The molecule has 1 N–H and O–H groups in total. The number of rotatable bonds is 14. The molecule has 2 heteroatoms. The Morgan fingerprint density at radius 3 is 1.80 bits per heavy atom. The Kier molecular flexibility index (Phi) is 12.4. The van der Waals surface area contributed by atoms with Crippen LogP contribution in [-0.4, -0.2) is 23.2 Å². The molecule has 0 aromatic heterocycles. The largest absolute Gasteiger partial charge is 0.396 e. The van der Waals surface area contributed by atoms with Crippen LogP contribution in [0.3, 0.4) is 0 Å². The van der Waals surface area contributed by atoms with Crippen LogP contribution < -0.4 is 0 Å². The highest BCUT2D eigenvalue weighted by Gasteiger charge is 2.12. The topological polar surface area (TPSA) is 20.2 Å². The summed E-state index contributed by atoms with van der Waals surface area (Å²) in [5, 5.41) is 8.72. The molecule has 25 heavy (non-hydrogen) atoms. The van der Waals surface area contributed by atoms with Gasteiger partial charge in [-0.15, -0.1) is 0 Å². The molecular weight excluding hydrogens is 324 g/mol. The zero-order valence-corrected chi connectivity index (χ0v) is 17.7. The van der Waals surface area contributed by atoms with Crippen molar-refractivity contribution in [2.24, 2.45) is 0 Å². The minimum absolute atomic E-state index is 0.261. The third kappa shape index (κ3) is 11.7. The van der Waals surface area contributed by atoms with Crippen molar-refractivity contribution in [2.45, 2.75) is 90.4 Å². The van der Waals surface area contributed by atoms with Crippen molar-refractivity contribution in [2.75, 3.05) is 18.1 Å². The summed E-state index contributed by atoms with van der Waals surface area (Å²) in [6.07, 6.45) is 13.2. The molecule has 1 aromatic carbocycles. The standard InChI is InChI=1S/C23H40OS/c1-23(2,3)22-16-14-21(15-17-22)13-10-8-6-4-5-7-9-11-19-25-20-12-18-24/h14-17,24H,4-13,18-20H2,1-3H3. The summed E-state index contributed by atoms with van der Waals surface area (Å²) in [4.78, 5) is 0. The molecule has 1 nitrogen and oxygen atoms in total. The Morgan fingerprint density at radius 1 is 0.720 bits per heavy atom. The summed E-state index contributed by atoms with van der Waals surface area (Å²) in [5.41, 5.74) is 3.19. The minimum Gasteiger partial charge on any atom is -0.396 e. The maximum absolute atomic E-state index is 8.72. The third-order valence-electron chi connectivity index (χ3n) is 4.77. The molecule has 0 bridgehead atoms. The van der Waals surface area contributed by atoms with E-state index in [0.29, 0.717) is 6.61 Å². The van der Waals surface area contributed by atoms with Crippen LogP contribution in [0.15, 0.2) is 24.3 Å². The van der Waals surface area contributed by atoms with Gasteiger partial charge in [-0.2, -0.15) is 11.8 Å². The molecule has 0 saturated carbocycles. The molecule has 0 amide bonds. The van der Waals surface area contributed by atoms with E-state index in [9.17, 15) is 0 Å². The number of aliphatic hydroxyl groups is 1. The van der Waals surface area contributed by atoms with E-state index < -0.39 is 0 Å². The van der Waals surface area contributed by atoms with Crippen LogP contribution in [0.4, 0.5) is 0 Å². The lowest BCUT2D eigenvalue weighted by atomic mass is 9.86. The Hall–Kier alpha value is -0.470. The Bertz CT molecular complexity index is 419. The van der Waals surface area contributed by atoms with Gasteiger partial charge in [-0.05, 0) is 53.7 Å². The van der Waals surface area contributed by atoms with Crippen molar-refractivity contribution < 1.29 is 5.11 Å². The summed E-state index contributed by atoms with van der Waals surface area (Å²) in [7, 11) is 0. The van der Waals surface area contributed by atoms with Gasteiger partial charge in [-0.1, -0.05) is 83.6 Å². The summed E-state index contributed by atoms with van der Waals surface area (Å²) >= 11 is 1.99. The van der Waals surface area contributed by atoms with Crippen LogP contribution in [0.5, 0.6) is 0 Å². The summed E-state index contributed by atoms with van der Waals surface area (Å²) in [5.74, 6) is 2.39. The number of aryl methyl sites for hydroxylation is 1. The molecule has 0 atom stereocenters. The van der Waals surface area contributed by atoms with Crippen LogP contribution in [-0.2, 0) is 11.8 Å². The van der Waals surface area contributed by atoms with Crippen molar-refractivity contribution in [3.63, 3.8) is 0 Å². The molecule has 144 valence electrons. The predicted molar refractivity (Wildman–Crippen MR) is 115 cm³/mol. The monoisotopic (exact) mass is 364 g/mol. The van der Waals surface area contributed by atoms with Crippen LogP contribution in [0.25, 0.3) is 0 Å². The van der Waals surface area contributed by atoms with Crippen LogP contribution in [0.1, 0.15) is 89.7 Å². The van der Waals surface area contributed by atoms with Crippen molar-refractivity contribution in [3.8, 4) is 0 Å². The van der Waals surface area contributed by atoms with E-state index in [4.69, 9.17) is 5.11 Å². The first-order valence-electron chi connectivity index (χ1n) is 10.3. The Morgan fingerprint density at radius 2 is 1.24 bits per heavy atom. The minimum atomic E-state index is 0.261. The van der Waals surface area contributed by atoms with E-state index in [2.05, 4.69) is 45.0 Å². The number of benzene rings is 1. The van der Waals surface area contributed by atoms with Crippen LogP contribution in [0, 0.1) is 0 Å². The molecule has 0 unspecified atom stereocenters. The van der Waals surface area contributed by atoms with E-state index >= 15 is 0 Å². The van der Waals surface area contributed by atoms with Crippen molar-refractivity contribution in [1.29, 1.82) is 0 Å². The molecule has 0 heterocycles. The maximum Gasteiger partial charge on any atom is 0.0438 e. The second kappa shape index (κ2) is 13.7. The average Bonchev–Trinajstić information content (AvgIpc) is 2.58. The lowest BCUT2D eigenvalue weighted by Crippen LogP contribution is -2.10. The first kappa shape index (κ1) is 22.6. The van der Waals surface area contributed by atoms with Gasteiger partial charge in [-0.3, -0.25) is 0 Å². The van der Waals surface area contributed by atoms with Crippen molar-refractivity contribution in [1.82, 2.24) is 0 Å². The van der Waals surface area contributed by atoms with Gasteiger partial charge in [-0.25, -0.2) is 0 Å². The first-order chi connectivity index (χ1) is 12.0. The Balaban J connectivity index is 1.92. The Labute approximate surface area is 161 Å². The van der Waals surface area contributed by atoms with Gasteiger partial charge in [0, 0.05) is 6.61 Å². The van der Waals surface area contributed by atoms with E-state index in [1.54, 1.807) is 0 Å². The fourth-order valence-corrected chi connectivity index (χ4v) is 3.98. The van der Waals surface area contributed by atoms with Gasteiger partial charge in [0.1, 0.15) is 0 Å². The van der Waals surface area contributed by atoms with Gasteiger partial charge in [0.25, 0.3) is 0 Å². The summed E-state index contributed by atoms with van der Waals surface area (Å²) < 4.78 is 0. The molecule has 0 aliphatic heterocycles. The molecular formula is C23H40OS. The molecule has 1 rings (SSSR count). The molecule has 1 aromatic rings. The second-order valence-corrected chi connectivity index (χ2v) is 9.44. The second-order valence-electron chi connectivity index (χ2n) is 8.21. The highest BCUT2D eigenvalue weighted by atomic mass is 32.2. The SMILES string of the molecule is CC(C)(C)c1ccc(CCCCCCCCCCSCCCO)cc1. The third-order valence-corrected chi connectivity index (χ3v) is 5.93. The van der Waals surface area contributed by atoms with E-state index in [-0.39, 0.29) is 5.41 Å². The van der Waals surface area contributed by atoms with Crippen molar-refractivity contribution >= 4 is 11.8 Å². The molecule has 0 fully saturated rings. The van der Waals surface area contributed by atoms with Gasteiger partial charge in [0.2, 0.25) is 0 Å². The molecule has 0 aliphatic rings. The van der Waals surface area contributed by atoms with Crippen LogP contribution >= 0.6 is 11.8 Å².